The van der Waals surface area contributed by atoms with Gasteiger partial charge in [0.25, 0.3) is 0 Å². The van der Waals surface area contributed by atoms with E-state index in [1.165, 1.54) is 0 Å². The van der Waals surface area contributed by atoms with Crippen LogP contribution in [0.15, 0.2) is 47.6 Å². The highest BCUT2D eigenvalue weighted by Gasteiger charge is 2.04. The monoisotopic (exact) mass is 310 g/mol. The Hall–Kier alpha value is -3.02. The summed E-state index contributed by atoms with van der Waals surface area (Å²) in [6.07, 6.45) is 1.70. The molecule has 1 aromatic heterocycles. The number of anilines is 1. The molecule has 0 unspecified atom stereocenters. The molecule has 0 aliphatic rings. The van der Waals surface area contributed by atoms with Crippen LogP contribution in [-0.2, 0) is 0 Å². The molecule has 0 radical (unpaired) electrons. The van der Waals surface area contributed by atoms with Gasteiger partial charge in [0, 0.05) is 0 Å². The number of hydrogen-bond acceptors (Lipinski definition) is 5. The number of hydrogen-bond donors (Lipinski definition) is 2. The Morgan fingerprint density at radius 1 is 1.22 bits per heavy atom. The van der Waals surface area contributed by atoms with Crippen LogP contribution in [0.5, 0.6) is 11.5 Å². The zero-order valence-electron chi connectivity index (χ0n) is 13.0. The van der Waals surface area contributed by atoms with Crippen LogP contribution in [0.3, 0.4) is 0 Å². The number of H-pyrrole nitrogens is 1. The Labute approximate surface area is 134 Å². The fourth-order valence-corrected chi connectivity index (χ4v) is 2.21. The standard InChI is InChI=1S/C17H18N4O2/c1-3-23-15-9-8-12(10-16(15)22-2)11-18-21-17-19-13-6-4-5-7-14(13)20-17/h4-11H,3H2,1-2H3,(H2,19,20,21). The summed E-state index contributed by atoms with van der Waals surface area (Å²) in [5, 5.41) is 4.19. The first kappa shape index (κ1) is 14.9. The molecule has 0 aliphatic carbocycles. The highest BCUT2D eigenvalue weighted by molar-refractivity contribution is 5.82. The molecule has 118 valence electrons. The van der Waals surface area contributed by atoms with Gasteiger partial charge in [0.1, 0.15) is 0 Å². The van der Waals surface area contributed by atoms with Crippen molar-refractivity contribution in [2.75, 3.05) is 19.1 Å². The van der Waals surface area contributed by atoms with Crippen molar-refractivity contribution >= 4 is 23.2 Å². The second-order valence-corrected chi connectivity index (χ2v) is 4.82. The third kappa shape index (κ3) is 3.42. The smallest absolute Gasteiger partial charge is 0.222 e. The minimum Gasteiger partial charge on any atom is -0.493 e. The number of fused-ring (bicyclic) bond motifs is 1. The van der Waals surface area contributed by atoms with Gasteiger partial charge in [-0.25, -0.2) is 10.4 Å². The van der Waals surface area contributed by atoms with E-state index in [1.54, 1.807) is 13.3 Å². The van der Waals surface area contributed by atoms with E-state index < -0.39 is 0 Å². The van der Waals surface area contributed by atoms with Gasteiger partial charge in [0.05, 0.1) is 31.0 Å². The highest BCUT2D eigenvalue weighted by atomic mass is 16.5. The van der Waals surface area contributed by atoms with Crippen LogP contribution in [-0.4, -0.2) is 29.9 Å². The van der Waals surface area contributed by atoms with Crippen molar-refractivity contribution in [3.8, 4) is 11.5 Å². The molecule has 23 heavy (non-hydrogen) atoms. The number of aromatic nitrogens is 2. The fourth-order valence-electron chi connectivity index (χ4n) is 2.21. The molecule has 1 heterocycles. The maximum absolute atomic E-state index is 5.49. The number of aromatic amines is 1. The molecule has 0 amide bonds. The number of para-hydroxylation sites is 2. The topological polar surface area (TPSA) is 71.5 Å². The van der Waals surface area contributed by atoms with Gasteiger partial charge < -0.3 is 14.5 Å². The average molecular weight is 310 g/mol. The van der Waals surface area contributed by atoms with Crippen LogP contribution >= 0.6 is 0 Å². The second kappa shape index (κ2) is 6.83. The van der Waals surface area contributed by atoms with Crippen molar-refractivity contribution < 1.29 is 9.47 Å². The van der Waals surface area contributed by atoms with Crippen LogP contribution in [0, 0.1) is 0 Å². The summed E-state index contributed by atoms with van der Waals surface area (Å²) < 4.78 is 10.8. The number of benzene rings is 2. The quantitative estimate of drug-likeness (QED) is 0.540. The number of hydrazone groups is 1. The predicted molar refractivity (Wildman–Crippen MR) is 91.5 cm³/mol. The Bertz CT molecular complexity index is 793. The van der Waals surface area contributed by atoms with Crippen molar-refractivity contribution in [1.82, 2.24) is 9.97 Å². The Morgan fingerprint density at radius 3 is 2.87 bits per heavy atom. The third-order valence-corrected chi connectivity index (χ3v) is 3.26. The number of imidazole rings is 1. The molecule has 6 nitrogen and oxygen atoms in total. The molecule has 0 bridgehead atoms. The maximum atomic E-state index is 5.49. The van der Waals surface area contributed by atoms with Gasteiger partial charge in [0.2, 0.25) is 5.95 Å². The first-order chi connectivity index (χ1) is 11.3. The third-order valence-electron chi connectivity index (χ3n) is 3.26. The lowest BCUT2D eigenvalue weighted by molar-refractivity contribution is 0.311. The lowest BCUT2D eigenvalue weighted by Gasteiger charge is -2.09. The van der Waals surface area contributed by atoms with Crippen LogP contribution in [0.4, 0.5) is 5.95 Å². The molecule has 0 aliphatic heterocycles. The Balaban J connectivity index is 1.72. The Morgan fingerprint density at radius 2 is 2.09 bits per heavy atom. The van der Waals surface area contributed by atoms with E-state index in [4.69, 9.17) is 9.47 Å². The molecule has 2 aromatic carbocycles. The molecule has 2 N–H and O–H groups in total. The summed E-state index contributed by atoms with van der Waals surface area (Å²) in [5.41, 5.74) is 5.65. The van der Waals surface area contributed by atoms with Crippen molar-refractivity contribution in [2.24, 2.45) is 5.10 Å². The van der Waals surface area contributed by atoms with Crippen LogP contribution in [0.25, 0.3) is 11.0 Å². The van der Waals surface area contributed by atoms with Crippen molar-refractivity contribution in [2.45, 2.75) is 6.92 Å². The Kier molecular flexibility index (Phi) is 4.42. The van der Waals surface area contributed by atoms with Gasteiger partial charge in [0.15, 0.2) is 11.5 Å². The summed E-state index contributed by atoms with van der Waals surface area (Å²) in [6.45, 7) is 2.53. The molecule has 0 atom stereocenters. The molecule has 0 spiro atoms. The molecule has 0 fully saturated rings. The van der Waals surface area contributed by atoms with Gasteiger partial charge in [-0.05, 0) is 42.8 Å². The lowest BCUT2D eigenvalue weighted by Crippen LogP contribution is -1.97. The summed E-state index contributed by atoms with van der Waals surface area (Å²) >= 11 is 0. The molecule has 0 saturated carbocycles. The van der Waals surface area contributed by atoms with E-state index in [0.29, 0.717) is 18.3 Å². The highest BCUT2D eigenvalue weighted by Crippen LogP contribution is 2.27. The molecule has 3 rings (SSSR count). The van der Waals surface area contributed by atoms with Gasteiger partial charge in [-0.15, -0.1) is 0 Å². The first-order valence-electron chi connectivity index (χ1n) is 7.35. The first-order valence-corrected chi connectivity index (χ1v) is 7.35. The van der Waals surface area contributed by atoms with E-state index in [-0.39, 0.29) is 0 Å². The summed E-state index contributed by atoms with van der Waals surface area (Å²) in [7, 11) is 1.62. The normalized spacial score (nSPS) is 11.0. The van der Waals surface area contributed by atoms with E-state index in [2.05, 4.69) is 20.5 Å². The number of ether oxygens (including phenoxy) is 2. The van der Waals surface area contributed by atoms with E-state index >= 15 is 0 Å². The van der Waals surface area contributed by atoms with Crippen LogP contribution < -0.4 is 14.9 Å². The summed E-state index contributed by atoms with van der Waals surface area (Å²) in [6, 6.07) is 13.5. The largest absolute Gasteiger partial charge is 0.493 e. The SMILES string of the molecule is CCOc1ccc(C=NNc2nc3ccccc3[nH]2)cc1OC. The lowest BCUT2D eigenvalue weighted by atomic mass is 10.2. The van der Waals surface area contributed by atoms with E-state index in [0.717, 1.165) is 22.3 Å². The molecular formula is C17H18N4O2. The fraction of sp³-hybridized carbons (Fsp3) is 0.176. The minimum atomic E-state index is 0.595. The van der Waals surface area contributed by atoms with Crippen molar-refractivity contribution in [3.05, 3.63) is 48.0 Å². The summed E-state index contributed by atoms with van der Waals surface area (Å²) in [5.74, 6) is 2.00. The van der Waals surface area contributed by atoms with Crippen molar-refractivity contribution in [1.29, 1.82) is 0 Å². The van der Waals surface area contributed by atoms with Gasteiger partial charge in [-0.2, -0.15) is 5.10 Å². The van der Waals surface area contributed by atoms with Crippen LogP contribution in [0.2, 0.25) is 0 Å². The van der Waals surface area contributed by atoms with Gasteiger partial charge in [-0.1, -0.05) is 12.1 Å². The van der Waals surface area contributed by atoms with E-state index in [1.807, 2.05) is 49.4 Å². The zero-order chi connectivity index (χ0) is 16.1. The number of methoxy groups -OCH3 is 1. The van der Waals surface area contributed by atoms with Crippen molar-refractivity contribution in [3.63, 3.8) is 0 Å². The minimum absolute atomic E-state index is 0.595. The number of rotatable bonds is 6. The average Bonchev–Trinajstić information content (AvgIpc) is 2.99. The van der Waals surface area contributed by atoms with E-state index in [9.17, 15) is 0 Å². The van der Waals surface area contributed by atoms with Gasteiger partial charge >= 0.3 is 0 Å². The van der Waals surface area contributed by atoms with Crippen LogP contribution in [0.1, 0.15) is 12.5 Å². The molecular weight excluding hydrogens is 292 g/mol. The molecule has 0 saturated heterocycles. The second-order valence-electron chi connectivity index (χ2n) is 4.82. The molecule has 3 aromatic rings. The number of nitrogens with zero attached hydrogens (tertiary/aromatic N) is 2. The number of nitrogens with one attached hydrogen (secondary N) is 2. The summed E-state index contributed by atoms with van der Waals surface area (Å²) in [4.78, 5) is 7.54. The maximum Gasteiger partial charge on any atom is 0.222 e. The zero-order valence-corrected chi connectivity index (χ0v) is 13.0. The predicted octanol–water partition coefficient (Wildman–Crippen LogP) is 3.42. The van der Waals surface area contributed by atoms with Gasteiger partial charge in [-0.3, -0.25) is 0 Å². The molecule has 6 heteroatoms.